The maximum atomic E-state index is 11.2. The summed E-state index contributed by atoms with van der Waals surface area (Å²) < 4.78 is 0.803. The second-order valence-corrected chi connectivity index (χ2v) is 5.31. The van der Waals surface area contributed by atoms with E-state index in [-0.39, 0.29) is 6.03 Å². The minimum atomic E-state index is -0.0685. The molecule has 0 unspecified atom stereocenters. The van der Waals surface area contributed by atoms with Crippen LogP contribution in [0.5, 0.6) is 0 Å². The molecule has 0 spiro atoms. The summed E-state index contributed by atoms with van der Waals surface area (Å²) in [6.07, 6.45) is 0. The third kappa shape index (κ3) is 4.83. The van der Waals surface area contributed by atoms with Crippen molar-refractivity contribution in [1.82, 2.24) is 15.5 Å². The van der Waals surface area contributed by atoms with Gasteiger partial charge in [0.1, 0.15) is 0 Å². The van der Waals surface area contributed by atoms with Crippen LogP contribution in [-0.2, 0) is 6.54 Å². The van der Waals surface area contributed by atoms with Crippen LogP contribution in [0.15, 0.2) is 12.1 Å². The molecule has 1 rings (SSSR count). The summed E-state index contributed by atoms with van der Waals surface area (Å²) in [7, 11) is 3.44. The van der Waals surface area contributed by atoms with E-state index in [0.29, 0.717) is 6.54 Å². The fourth-order valence-electron chi connectivity index (χ4n) is 1.07. The van der Waals surface area contributed by atoms with Crippen LogP contribution >= 0.6 is 22.9 Å². The lowest BCUT2D eigenvalue weighted by atomic mass is 10.4. The van der Waals surface area contributed by atoms with Crippen molar-refractivity contribution in [2.45, 2.75) is 6.54 Å². The van der Waals surface area contributed by atoms with Gasteiger partial charge in [0.25, 0.3) is 0 Å². The largest absolute Gasteiger partial charge is 0.337 e. The molecule has 2 N–H and O–H groups in total. The van der Waals surface area contributed by atoms with E-state index in [0.717, 1.165) is 17.4 Å². The molecule has 4 nitrogen and oxygen atoms in total. The van der Waals surface area contributed by atoms with Crippen LogP contribution in [0.2, 0.25) is 4.34 Å². The van der Waals surface area contributed by atoms with Crippen molar-refractivity contribution in [2.24, 2.45) is 0 Å². The van der Waals surface area contributed by atoms with E-state index in [9.17, 15) is 4.79 Å². The average molecular weight is 262 g/mol. The highest BCUT2D eigenvalue weighted by Gasteiger charge is 2.01. The Balaban J connectivity index is 2.06. The van der Waals surface area contributed by atoms with Gasteiger partial charge in [0, 0.05) is 38.6 Å². The zero-order valence-electron chi connectivity index (χ0n) is 9.42. The molecule has 0 aliphatic carbocycles. The standard InChI is InChI=1S/C10H16ClN3OS/c1-14(2)10(15)13-6-5-12-7-8-3-4-9(11)16-8/h3-4,12H,5-7H2,1-2H3,(H,13,15). The second kappa shape index (κ2) is 6.73. The maximum Gasteiger partial charge on any atom is 0.316 e. The van der Waals surface area contributed by atoms with E-state index >= 15 is 0 Å². The topological polar surface area (TPSA) is 44.4 Å². The molecule has 0 fully saturated rings. The van der Waals surface area contributed by atoms with Crippen molar-refractivity contribution >= 4 is 29.0 Å². The van der Waals surface area contributed by atoms with Crippen molar-refractivity contribution in [3.63, 3.8) is 0 Å². The van der Waals surface area contributed by atoms with Gasteiger partial charge in [0.05, 0.1) is 4.34 Å². The molecule has 16 heavy (non-hydrogen) atoms. The summed E-state index contributed by atoms with van der Waals surface area (Å²) in [5, 5.41) is 6.00. The SMILES string of the molecule is CN(C)C(=O)NCCNCc1ccc(Cl)s1. The number of halogens is 1. The Labute approximate surface area is 105 Å². The smallest absolute Gasteiger partial charge is 0.316 e. The minimum Gasteiger partial charge on any atom is -0.337 e. The quantitative estimate of drug-likeness (QED) is 0.794. The van der Waals surface area contributed by atoms with Crippen molar-refractivity contribution in [1.29, 1.82) is 0 Å². The highest BCUT2D eigenvalue weighted by molar-refractivity contribution is 7.16. The molecule has 0 aliphatic rings. The number of thiophene rings is 1. The normalized spacial score (nSPS) is 10.2. The first kappa shape index (κ1) is 13.3. The van der Waals surface area contributed by atoms with Crippen molar-refractivity contribution in [3.05, 3.63) is 21.3 Å². The van der Waals surface area contributed by atoms with Crippen LogP contribution in [0, 0.1) is 0 Å². The zero-order valence-corrected chi connectivity index (χ0v) is 11.0. The van der Waals surface area contributed by atoms with Crippen molar-refractivity contribution in [3.8, 4) is 0 Å². The Morgan fingerprint density at radius 3 is 2.75 bits per heavy atom. The van der Waals surface area contributed by atoms with Gasteiger partial charge >= 0.3 is 6.03 Å². The minimum absolute atomic E-state index is 0.0685. The number of hydrogen-bond donors (Lipinski definition) is 2. The number of hydrogen-bond acceptors (Lipinski definition) is 3. The van der Waals surface area contributed by atoms with Gasteiger partial charge in [0.15, 0.2) is 0 Å². The van der Waals surface area contributed by atoms with E-state index in [4.69, 9.17) is 11.6 Å². The lowest BCUT2D eigenvalue weighted by Crippen LogP contribution is -2.38. The molecule has 1 aromatic heterocycles. The summed E-state index contributed by atoms with van der Waals surface area (Å²) in [4.78, 5) is 13.9. The molecule has 0 bridgehead atoms. The Morgan fingerprint density at radius 1 is 1.44 bits per heavy atom. The van der Waals surface area contributed by atoms with Gasteiger partial charge in [-0.05, 0) is 12.1 Å². The van der Waals surface area contributed by atoms with E-state index in [1.54, 1.807) is 25.4 Å². The molecule has 0 radical (unpaired) electrons. The third-order valence-corrected chi connectivity index (χ3v) is 3.14. The molecule has 2 amide bonds. The van der Waals surface area contributed by atoms with Gasteiger partial charge in [-0.3, -0.25) is 0 Å². The maximum absolute atomic E-state index is 11.2. The molecule has 90 valence electrons. The molecule has 0 aromatic carbocycles. The van der Waals surface area contributed by atoms with Crippen molar-refractivity contribution in [2.75, 3.05) is 27.2 Å². The van der Waals surface area contributed by atoms with E-state index in [2.05, 4.69) is 10.6 Å². The summed E-state index contributed by atoms with van der Waals surface area (Å²) >= 11 is 7.37. The zero-order chi connectivity index (χ0) is 12.0. The molecular formula is C10H16ClN3OS. The predicted molar refractivity (Wildman–Crippen MR) is 68.1 cm³/mol. The molecule has 1 heterocycles. The van der Waals surface area contributed by atoms with Gasteiger partial charge in [-0.15, -0.1) is 11.3 Å². The molecule has 6 heteroatoms. The second-order valence-electron chi connectivity index (χ2n) is 3.51. The van der Waals surface area contributed by atoms with Gasteiger partial charge < -0.3 is 15.5 Å². The summed E-state index contributed by atoms with van der Waals surface area (Å²) in [6.45, 7) is 2.15. The van der Waals surface area contributed by atoms with Gasteiger partial charge in [-0.2, -0.15) is 0 Å². The Bertz CT molecular complexity index is 341. The molecule has 0 saturated heterocycles. The first-order valence-corrected chi connectivity index (χ1v) is 6.19. The number of carbonyl (C=O) groups excluding carboxylic acids is 1. The number of urea groups is 1. The number of carbonyl (C=O) groups is 1. The summed E-state index contributed by atoms with van der Waals surface area (Å²) in [6, 6.07) is 3.82. The van der Waals surface area contributed by atoms with Crippen LogP contribution in [0.3, 0.4) is 0 Å². The number of nitrogens with zero attached hydrogens (tertiary/aromatic N) is 1. The lowest BCUT2D eigenvalue weighted by Gasteiger charge is -2.11. The number of amides is 2. The molecule has 1 aromatic rings. The average Bonchev–Trinajstić information content (AvgIpc) is 2.63. The first-order valence-electron chi connectivity index (χ1n) is 4.99. The van der Waals surface area contributed by atoms with E-state index < -0.39 is 0 Å². The fourth-order valence-corrected chi connectivity index (χ4v) is 2.13. The lowest BCUT2D eigenvalue weighted by molar-refractivity contribution is 0.217. The highest BCUT2D eigenvalue weighted by atomic mass is 35.5. The molecular weight excluding hydrogens is 246 g/mol. The predicted octanol–water partition coefficient (Wildman–Crippen LogP) is 1.76. The number of rotatable bonds is 5. The molecule has 0 atom stereocenters. The third-order valence-electron chi connectivity index (χ3n) is 1.91. The van der Waals surface area contributed by atoms with E-state index in [1.807, 2.05) is 12.1 Å². The summed E-state index contributed by atoms with van der Waals surface area (Å²) in [5.41, 5.74) is 0. The van der Waals surface area contributed by atoms with Gasteiger partial charge in [-0.1, -0.05) is 11.6 Å². The fraction of sp³-hybridized carbons (Fsp3) is 0.500. The van der Waals surface area contributed by atoms with Crippen LogP contribution in [0.25, 0.3) is 0 Å². The molecule has 0 aliphatic heterocycles. The van der Waals surface area contributed by atoms with Crippen molar-refractivity contribution < 1.29 is 4.79 Å². The summed E-state index contributed by atoms with van der Waals surface area (Å²) in [5.74, 6) is 0. The van der Waals surface area contributed by atoms with Crippen LogP contribution < -0.4 is 10.6 Å². The first-order chi connectivity index (χ1) is 7.59. The Kier molecular flexibility index (Phi) is 5.59. The van der Waals surface area contributed by atoms with E-state index in [1.165, 1.54) is 9.78 Å². The van der Waals surface area contributed by atoms with Crippen LogP contribution in [0.4, 0.5) is 4.79 Å². The Hall–Kier alpha value is -0.780. The Morgan fingerprint density at radius 2 is 2.19 bits per heavy atom. The number of nitrogens with one attached hydrogen (secondary N) is 2. The van der Waals surface area contributed by atoms with Gasteiger partial charge in [0.2, 0.25) is 0 Å². The monoisotopic (exact) mass is 261 g/mol. The van der Waals surface area contributed by atoms with Gasteiger partial charge in [-0.25, -0.2) is 4.79 Å². The highest BCUT2D eigenvalue weighted by Crippen LogP contribution is 2.20. The van der Waals surface area contributed by atoms with Crippen LogP contribution in [0.1, 0.15) is 4.88 Å². The van der Waals surface area contributed by atoms with Crippen LogP contribution in [-0.4, -0.2) is 38.1 Å². The molecule has 0 saturated carbocycles.